The molecular weight excluding hydrogens is 295 g/mol. The summed E-state index contributed by atoms with van der Waals surface area (Å²) in [6.07, 6.45) is -3.09. The van der Waals surface area contributed by atoms with E-state index >= 15 is 0 Å². The summed E-state index contributed by atoms with van der Waals surface area (Å²) in [4.78, 5) is 7.77. The summed E-state index contributed by atoms with van der Waals surface area (Å²) in [5.41, 5.74) is -0.766. The van der Waals surface area contributed by atoms with E-state index in [1.54, 1.807) is 7.05 Å². The number of anilines is 1. The Morgan fingerprint density at radius 1 is 1.27 bits per heavy atom. The van der Waals surface area contributed by atoms with Crippen LogP contribution >= 0.6 is 0 Å². The molecule has 5 nitrogen and oxygen atoms in total. The lowest BCUT2D eigenvalue weighted by atomic mass is 10.2. The van der Waals surface area contributed by atoms with Crippen molar-refractivity contribution in [2.24, 2.45) is 10.9 Å². The molecule has 0 radical (unpaired) electrons. The van der Waals surface area contributed by atoms with Gasteiger partial charge in [0.1, 0.15) is 5.82 Å². The Kier molecular flexibility index (Phi) is 6.94. The Morgan fingerprint density at radius 2 is 2.00 bits per heavy atom. The summed E-state index contributed by atoms with van der Waals surface area (Å²) in [6, 6.07) is 2.27. The normalized spacial score (nSPS) is 12.4. The van der Waals surface area contributed by atoms with Gasteiger partial charge in [-0.25, -0.2) is 4.98 Å². The lowest BCUT2D eigenvalue weighted by Crippen LogP contribution is -2.41. The Labute approximate surface area is 128 Å². The van der Waals surface area contributed by atoms with Gasteiger partial charge in [0.25, 0.3) is 0 Å². The number of hydrogen-bond donors (Lipinski definition) is 3. The van der Waals surface area contributed by atoms with Crippen LogP contribution in [-0.4, -0.2) is 37.6 Å². The number of pyridine rings is 1. The first-order valence-electron chi connectivity index (χ1n) is 7.05. The van der Waals surface area contributed by atoms with E-state index in [1.165, 1.54) is 12.3 Å². The van der Waals surface area contributed by atoms with Gasteiger partial charge >= 0.3 is 6.18 Å². The van der Waals surface area contributed by atoms with Crippen molar-refractivity contribution in [2.75, 3.05) is 32.0 Å². The highest BCUT2D eigenvalue weighted by Gasteiger charge is 2.33. The third-order valence-corrected chi connectivity index (χ3v) is 2.72. The zero-order valence-corrected chi connectivity index (χ0v) is 13.0. The summed E-state index contributed by atoms with van der Waals surface area (Å²) < 4.78 is 38.4. The molecule has 1 rings (SSSR count). The van der Waals surface area contributed by atoms with Gasteiger partial charge in [-0.05, 0) is 18.1 Å². The summed E-state index contributed by atoms with van der Waals surface area (Å²) in [7, 11) is 1.64. The van der Waals surface area contributed by atoms with E-state index in [9.17, 15) is 13.2 Å². The van der Waals surface area contributed by atoms with E-state index in [0.29, 0.717) is 25.0 Å². The molecule has 0 unspecified atom stereocenters. The molecule has 0 aliphatic carbocycles. The maximum atomic E-state index is 12.8. The molecule has 0 saturated carbocycles. The van der Waals surface area contributed by atoms with Crippen LogP contribution in [-0.2, 0) is 6.18 Å². The molecule has 124 valence electrons. The van der Waals surface area contributed by atoms with E-state index in [0.717, 1.165) is 12.6 Å². The van der Waals surface area contributed by atoms with Crippen LogP contribution in [0.2, 0.25) is 0 Å². The summed E-state index contributed by atoms with van der Waals surface area (Å²) in [5.74, 6) is 0.925. The molecule has 1 heterocycles. The van der Waals surface area contributed by atoms with E-state index in [2.05, 4.69) is 39.8 Å². The summed E-state index contributed by atoms with van der Waals surface area (Å²) in [5, 5.41) is 8.83. The first kappa shape index (κ1) is 18.1. The fourth-order valence-corrected chi connectivity index (χ4v) is 1.66. The predicted molar refractivity (Wildman–Crippen MR) is 81.9 cm³/mol. The number of aliphatic imine (C=N–C) groups is 1. The molecule has 0 aliphatic rings. The van der Waals surface area contributed by atoms with Gasteiger partial charge in [-0.2, -0.15) is 13.2 Å². The van der Waals surface area contributed by atoms with Crippen LogP contribution in [0.4, 0.5) is 19.0 Å². The van der Waals surface area contributed by atoms with Gasteiger partial charge in [0.05, 0.1) is 5.56 Å². The lowest BCUT2D eigenvalue weighted by Gasteiger charge is -2.15. The van der Waals surface area contributed by atoms with Gasteiger partial charge in [0.15, 0.2) is 5.96 Å². The standard InChI is InChI=1S/C14H22F3N5/c1-10(2)9-22-13(18-3)21-8-7-20-12-11(14(15,16)17)5-4-6-19-12/h4-6,10H,7-9H2,1-3H3,(H,19,20)(H2,18,21,22). The minimum Gasteiger partial charge on any atom is -0.368 e. The van der Waals surface area contributed by atoms with Crippen LogP contribution < -0.4 is 16.0 Å². The highest BCUT2D eigenvalue weighted by atomic mass is 19.4. The van der Waals surface area contributed by atoms with Crippen molar-refractivity contribution in [3.05, 3.63) is 23.9 Å². The SMILES string of the molecule is CN=C(NCCNc1ncccc1C(F)(F)F)NCC(C)C. The number of halogens is 3. The average molecular weight is 317 g/mol. The van der Waals surface area contributed by atoms with Crippen molar-refractivity contribution in [3.8, 4) is 0 Å². The molecule has 0 aromatic carbocycles. The van der Waals surface area contributed by atoms with Gasteiger partial charge in [0.2, 0.25) is 0 Å². The number of hydrogen-bond acceptors (Lipinski definition) is 3. The third-order valence-electron chi connectivity index (χ3n) is 2.72. The van der Waals surface area contributed by atoms with E-state index in [-0.39, 0.29) is 5.82 Å². The number of rotatable bonds is 6. The fraction of sp³-hybridized carbons (Fsp3) is 0.571. The largest absolute Gasteiger partial charge is 0.419 e. The Bertz CT molecular complexity index is 486. The summed E-state index contributed by atoms with van der Waals surface area (Å²) >= 11 is 0. The zero-order valence-electron chi connectivity index (χ0n) is 13.0. The van der Waals surface area contributed by atoms with Crippen molar-refractivity contribution in [1.82, 2.24) is 15.6 Å². The molecule has 22 heavy (non-hydrogen) atoms. The molecular formula is C14H22F3N5. The molecule has 8 heteroatoms. The number of nitrogens with one attached hydrogen (secondary N) is 3. The van der Waals surface area contributed by atoms with Crippen molar-refractivity contribution in [3.63, 3.8) is 0 Å². The quantitative estimate of drug-likeness (QED) is 0.428. The average Bonchev–Trinajstić information content (AvgIpc) is 2.45. The minimum atomic E-state index is -4.42. The topological polar surface area (TPSA) is 61.3 Å². The molecule has 0 spiro atoms. The van der Waals surface area contributed by atoms with E-state index in [4.69, 9.17) is 0 Å². The maximum Gasteiger partial charge on any atom is 0.419 e. The molecule has 0 amide bonds. The Hall–Kier alpha value is -1.99. The molecule has 1 aromatic heterocycles. The molecule has 0 fully saturated rings. The number of nitrogens with zero attached hydrogens (tertiary/aromatic N) is 2. The molecule has 0 bridgehead atoms. The van der Waals surface area contributed by atoms with Crippen LogP contribution in [0.25, 0.3) is 0 Å². The molecule has 1 aromatic rings. The number of alkyl halides is 3. The lowest BCUT2D eigenvalue weighted by molar-refractivity contribution is -0.137. The second kappa shape index (κ2) is 8.45. The predicted octanol–water partition coefficient (Wildman–Crippen LogP) is 2.33. The van der Waals surface area contributed by atoms with Crippen molar-refractivity contribution >= 4 is 11.8 Å². The minimum absolute atomic E-state index is 0.165. The molecule has 0 aliphatic heterocycles. The second-order valence-corrected chi connectivity index (χ2v) is 5.10. The van der Waals surface area contributed by atoms with Crippen molar-refractivity contribution in [1.29, 1.82) is 0 Å². The second-order valence-electron chi connectivity index (χ2n) is 5.10. The van der Waals surface area contributed by atoms with Crippen LogP contribution in [0.3, 0.4) is 0 Å². The Balaban J connectivity index is 2.45. The van der Waals surface area contributed by atoms with Crippen molar-refractivity contribution < 1.29 is 13.2 Å². The molecule has 0 saturated heterocycles. The number of guanidine groups is 1. The van der Waals surface area contributed by atoms with Gasteiger partial charge in [-0.1, -0.05) is 13.8 Å². The van der Waals surface area contributed by atoms with Crippen LogP contribution in [0.5, 0.6) is 0 Å². The highest BCUT2D eigenvalue weighted by molar-refractivity contribution is 5.79. The van der Waals surface area contributed by atoms with Gasteiger partial charge in [-0.3, -0.25) is 4.99 Å². The maximum absolute atomic E-state index is 12.8. The number of aromatic nitrogens is 1. The smallest absolute Gasteiger partial charge is 0.368 e. The fourth-order valence-electron chi connectivity index (χ4n) is 1.66. The third kappa shape index (κ3) is 6.19. The summed E-state index contributed by atoms with van der Waals surface area (Å²) in [6.45, 7) is 5.63. The molecule has 3 N–H and O–H groups in total. The van der Waals surface area contributed by atoms with Gasteiger partial charge in [-0.15, -0.1) is 0 Å². The zero-order chi connectivity index (χ0) is 16.6. The molecule has 0 atom stereocenters. The monoisotopic (exact) mass is 317 g/mol. The van der Waals surface area contributed by atoms with Gasteiger partial charge < -0.3 is 16.0 Å². The van der Waals surface area contributed by atoms with Crippen LogP contribution in [0.1, 0.15) is 19.4 Å². The first-order valence-corrected chi connectivity index (χ1v) is 7.05. The van der Waals surface area contributed by atoms with Crippen LogP contribution in [0.15, 0.2) is 23.3 Å². The highest BCUT2D eigenvalue weighted by Crippen LogP contribution is 2.33. The van der Waals surface area contributed by atoms with Crippen LogP contribution in [0, 0.1) is 5.92 Å². The van der Waals surface area contributed by atoms with Crippen molar-refractivity contribution in [2.45, 2.75) is 20.0 Å². The first-order chi connectivity index (χ1) is 10.3. The van der Waals surface area contributed by atoms with E-state index < -0.39 is 11.7 Å². The van der Waals surface area contributed by atoms with Gasteiger partial charge in [0, 0.05) is 32.9 Å². The van der Waals surface area contributed by atoms with E-state index in [1.807, 2.05) is 0 Å². The Morgan fingerprint density at radius 3 is 2.59 bits per heavy atom.